The second-order valence-corrected chi connectivity index (χ2v) is 7.72. The molecule has 2 aromatic rings. The van der Waals surface area contributed by atoms with Crippen LogP contribution < -0.4 is 5.32 Å². The molecule has 2 heterocycles. The van der Waals surface area contributed by atoms with Gasteiger partial charge in [-0.3, -0.25) is 4.79 Å². The molecule has 3 rings (SSSR count). The molecule has 1 aromatic carbocycles. The van der Waals surface area contributed by atoms with E-state index in [-0.39, 0.29) is 10.7 Å². The van der Waals surface area contributed by atoms with Crippen LogP contribution in [0.15, 0.2) is 33.4 Å². The predicted molar refractivity (Wildman–Crippen MR) is 86.2 cm³/mol. The zero-order valence-corrected chi connectivity index (χ0v) is 13.9. The summed E-state index contributed by atoms with van der Waals surface area (Å²) in [5.74, 6) is 0.109. The van der Waals surface area contributed by atoms with Crippen LogP contribution in [-0.2, 0) is 11.2 Å². The molecule has 0 bridgehead atoms. The van der Waals surface area contributed by atoms with Gasteiger partial charge in [-0.05, 0) is 56.6 Å². The van der Waals surface area contributed by atoms with Crippen LogP contribution in [0.25, 0.3) is 0 Å². The van der Waals surface area contributed by atoms with Crippen LogP contribution in [0.4, 0.5) is 5.69 Å². The Balaban J connectivity index is 1.92. The van der Waals surface area contributed by atoms with Crippen molar-refractivity contribution >= 4 is 54.8 Å². The number of hydrogen-bond acceptors (Lipinski definition) is 2. The average molecular weight is 401 g/mol. The predicted octanol–water partition coefficient (Wildman–Crippen LogP) is 4.88. The van der Waals surface area contributed by atoms with Gasteiger partial charge in [0.05, 0.1) is 8.61 Å². The Morgan fingerprint density at radius 1 is 1.21 bits per heavy atom. The van der Waals surface area contributed by atoms with Crippen molar-refractivity contribution in [3.8, 4) is 0 Å². The lowest BCUT2D eigenvalue weighted by Crippen LogP contribution is -2.19. The van der Waals surface area contributed by atoms with Crippen molar-refractivity contribution in [1.29, 1.82) is 0 Å². The molecule has 0 aliphatic carbocycles. The Morgan fingerprint density at radius 2 is 2.05 bits per heavy atom. The number of nitrogens with one attached hydrogen (secondary N) is 1. The molecule has 19 heavy (non-hydrogen) atoms. The SMILES string of the molecule is O=C1CCc2cc(C(Br)c3csc(Br)c3)ccc2N1. The van der Waals surface area contributed by atoms with Crippen molar-refractivity contribution in [3.63, 3.8) is 0 Å². The lowest BCUT2D eigenvalue weighted by molar-refractivity contribution is -0.116. The maximum atomic E-state index is 11.3. The van der Waals surface area contributed by atoms with Crippen molar-refractivity contribution in [1.82, 2.24) is 0 Å². The lowest BCUT2D eigenvalue weighted by Gasteiger charge is -2.19. The van der Waals surface area contributed by atoms with E-state index < -0.39 is 0 Å². The molecule has 98 valence electrons. The van der Waals surface area contributed by atoms with Crippen LogP contribution in [0, 0.1) is 0 Å². The number of carbonyl (C=O) groups is 1. The molecule has 0 spiro atoms. The minimum atomic E-state index is 0.109. The number of amides is 1. The molecule has 0 saturated carbocycles. The second kappa shape index (κ2) is 5.38. The summed E-state index contributed by atoms with van der Waals surface area (Å²) in [7, 11) is 0. The zero-order chi connectivity index (χ0) is 13.4. The van der Waals surface area contributed by atoms with E-state index in [2.05, 4.69) is 60.8 Å². The molecule has 0 saturated heterocycles. The number of rotatable bonds is 2. The quantitative estimate of drug-likeness (QED) is 0.715. The third-order valence-corrected chi connectivity index (χ3v) is 5.78. The van der Waals surface area contributed by atoms with Gasteiger partial charge in [0.15, 0.2) is 0 Å². The van der Waals surface area contributed by atoms with E-state index in [9.17, 15) is 4.79 Å². The summed E-state index contributed by atoms with van der Waals surface area (Å²) in [6, 6.07) is 8.37. The lowest BCUT2D eigenvalue weighted by atomic mass is 9.98. The molecule has 0 radical (unpaired) electrons. The molecule has 0 fully saturated rings. The first-order chi connectivity index (χ1) is 9.13. The summed E-state index contributed by atoms with van der Waals surface area (Å²) < 4.78 is 1.14. The smallest absolute Gasteiger partial charge is 0.224 e. The van der Waals surface area contributed by atoms with Crippen molar-refractivity contribution in [3.05, 3.63) is 50.1 Å². The number of thiophene rings is 1. The standard InChI is InChI=1S/C14H11Br2NOS/c15-12-6-10(7-19-12)14(16)9-1-3-11-8(5-9)2-4-13(18)17-11/h1,3,5-7,14H,2,4H2,(H,17,18). The van der Waals surface area contributed by atoms with Gasteiger partial charge in [-0.2, -0.15) is 0 Å². The third kappa shape index (κ3) is 2.78. The van der Waals surface area contributed by atoms with Gasteiger partial charge in [0.25, 0.3) is 0 Å². The Bertz CT molecular complexity index is 638. The van der Waals surface area contributed by atoms with Crippen molar-refractivity contribution < 1.29 is 4.79 Å². The van der Waals surface area contributed by atoms with Crippen LogP contribution in [0.1, 0.15) is 27.9 Å². The highest BCUT2D eigenvalue weighted by Crippen LogP contribution is 2.37. The first-order valence-electron chi connectivity index (χ1n) is 5.94. The highest BCUT2D eigenvalue weighted by Gasteiger charge is 2.18. The Morgan fingerprint density at radius 3 is 2.79 bits per heavy atom. The van der Waals surface area contributed by atoms with E-state index in [1.165, 1.54) is 16.7 Å². The Hall–Kier alpha value is -0.650. The van der Waals surface area contributed by atoms with Gasteiger partial charge in [0.2, 0.25) is 5.91 Å². The van der Waals surface area contributed by atoms with Crippen molar-refractivity contribution in [2.24, 2.45) is 0 Å². The number of alkyl halides is 1. The topological polar surface area (TPSA) is 29.1 Å². The maximum Gasteiger partial charge on any atom is 0.224 e. The van der Waals surface area contributed by atoms with Crippen LogP contribution >= 0.6 is 43.2 Å². The minimum absolute atomic E-state index is 0.109. The van der Waals surface area contributed by atoms with E-state index in [1.807, 2.05) is 6.07 Å². The largest absolute Gasteiger partial charge is 0.326 e. The molecule has 1 aliphatic rings. The molecular weight excluding hydrogens is 390 g/mol. The molecular formula is C14H11Br2NOS. The molecule has 1 unspecified atom stereocenters. The summed E-state index contributed by atoms with van der Waals surface area (Å²) in [6.07, 6.45) is 1.40. The monoisotopic (exact) mass is 399 g/mol. The van der Waals surface area contributed by atoms with Crippen LogP contribution in [0.5, 0.6) is 0 Å². The number of benzene rings is 1. The summed E-state index contributed by atoms with van der Waals surface area (Å²) in [6.45, 7) is 0. The number of hydrogen-bond donors (Lipinski definition) is 1. The van der Waals surface area contributed by atoms with Gasteiger partial charge in [0, 0.05) is 12.1 Å². The molecule has 1 N–H and O–H groups in total. The van der Waals surface area contributed by atoms with E-state index in [0.29, 0.717) is 6.42 Å². The van der Waals surface area contributed by atoms with Crippen LogP contribution in [-0.4, -0.2) is 5.91 Å². The number of carbonyl (C=O) groups excluding carboxylic acids is 1. The van der Waals surface area contributed by atoms with Crippen LogP contribution in [0.3, 0.4) is 0 Å². The minimum Gasteiger partial charge on any atom is -0.326 e. The number of anilines is 1. The highest BCUT2D eigenvalue weighted by atomic mass is 79.9. The fourth-order valence-corrected chi connectivity index (χ4v) is 4.14. The summed E-state index contributed by atoms with van der Waals surface area (Å²) in [5.41, 5.74) is 4.64. The third-order valence-electron chi connectivity index (χ3n) is 3.20. The molecule has 1 aromatic heterocycles. The summed E-state index contributed by atoms with van der Waals surface area (Å²) >= 11 is 8.92. The molecule has 1 aliphatic heterocycles. The van der Waals surface area contributed by atoms with Gasteiger partial charge in [0.1, 0.15) is 0 Å². The van der Waals surface area contributed by atoms with Crippen molar-refractivity contribution in [2.75, 3.05) is 5.32 Å². The van der Waals surface area contributed by atoms with Gasteiger partial charge >= 0.3 is 0 Å². The molecule has 2 nitrogen and oxygen atoms in total. The maximum absolute atomic E-state index is 11.3. The zero-order valence-electron chi connectivity index (χ0n) is 9.95. The Kier molecular flexibility index (Phi) is 3.78. The van der Waals surface area contributed by atoms with E-state index in [4.69, 9.17) is 0 Å². The first kappa shape index (κ1) is 13.3. The summed E-state index contributed by atoms with van der Waals surface area (Å²) in [5, 5.41) is 5.05. The summed E-state index contributed by atoms with van der Waals surface area (Å²) in [4.78, 5) is 11.5. The molecule has 1 atom stereocenters. The van der Waals surface area contributed by atoms with E-state index >= 15 is 0 Å². The van der Waals surface area contributed by atoms with E-state index in [1.54, 1.807) is 11.3 Å². The van der Waals surface area contributed by atoms with Gasteiger partial charge in [-0.1, -0.05) is 28.1 Å². The fourth-order valence-electron chi connectivity index (χ4n) is 2.21. The van der Waals surface area contributed by atoms with Gasteiger partial charge < -0.3 is 5.32 Å². The average Bonchev–Trinajstić information content (AvgIpc) is 2.84. The number of halogens is 2. The number of aryl methyl sites for hydroxylation is 1. The molecule has 5 heteroatoms. The highest BCUT2D eigenvalue weighted by molar-refractivity contribution is 9.11. The molecule has 1 amide bonds. The second-order valence-electron chi connectivity index (χ2n) is 4.51. The van der Waals surface area contributed by atoms with Gasteiger partial charge in [-0.25, -0.2) is 0 Å². The van der Waals surface area contributed by atoms with Crippen molar-refractivity contribution in [2.45, 2.75) is 17.7 Å². The van der Waals surface area contributed by atoms with Crippen LogP contribution in [0.2, 0.25) is 0 Å². The number of fused-ring (bicyclic) bond motifs is 1. The first-order valence-corrected chi connectivity index (χ1v) is 8.53. The van der Waals surface area contributed by atoms with Gasteiger partial charge in [-0.15, -0.1) is 11.3 Å². The Labute approximate surface area is 132 Å². The van der Waals surface area contributed by atoms with E-state index in [0.717, 1.165) is 15.9 Å². The fraction of sp³-hybridized carbons (Fsp3) is 0.214. The normalized spacial score (nSPS) is 15.8.